The summed E-state index contributed by atoms with van der Waals surface area (Å²) in [6.07, 6.45) is 3.82. The van der Waals surface area contributed by atoms with Crippen LogP contribution in [-0.4, -0.2) is 11.7 Å². The Bertz CT molecular complexity index is 1490. The van der Waals surface area contributed by atoms with Crippen LogP contribution in [-0.2, 0) is 0 Å². The van der Waals surface area contributed by atoms with Crippen LogP contribution in [0.4, 0.5) is 26.3 Å². The van der Waals surface area contributed by atoms with Crippen LogP contribution in [0.15, 0.2) is 42.5 Å². The maximum Gasteiger partial charge on any atom is 0.200 e. The number of hydrogen-bond donors (Lipinski definition) is 1. The van der Waals surface area contributed by atoms with Gasteiger partial charge in [0.2, 0.25) is 5.82 Å². The van der Waals surface area contributed by atoms with Gasteiger partial charge in [-0.1, -0.05) is 36.4 Å². The Morgan fingerprint density at radius 2 is 1.24 bits per heavy atom. The van der Waals surface area contributed by atoms with E-state index in [0.717, 1.165) is 0 Å². The third-order valence-electron chi connectivity index (χ3n) is 8.88. The van der Waals surface area contributed by atoms with Crippen molar-refractivity contribution in [1.82, 2.24) is 0 Å². The second-order valence-electron chi connectivity index (χ2n) is 11.3. The molecule has 0 aliphatic heterocycles. The summed E-state index contributed by atoms with van der Waals surface area (Å²) < 4.78 is 94.0. The first-order chi connectivity index (χ1) is 20.1. The van der Waals surface area contributed by atoms with Gasteiger partial charge >= 0.3 is 0 Å². The van der Waals surface area contributed by atoms with Crippen molar-refractivity contribution in [3.8, 4) is 5.75 Å². The van der Waals surface area contributed by atoms with Crippen LogP contribution >= 0.6 is 0 Å². The Morgan fingerprint density at radius 3 is 1.76 bits per heavy atom. The van der Waals surface area contributed by atoms with E-state index in [1.165, 1.54) is 25.1 Å². The largest absolute Gasteiger partial charge is 0.491 e. The third-order valence-corrected chi connectivity index (χ3v) is 8.88. The maximum atomic E-state index is 15.4. The van der Waals surface area contributed by atoms with Crippen molar-refractivity contribution in [1.29, 1.82) is 0 Å². The number of aliphatic hydroxyl groups excluding tert-OH is 1. The van der Waals surface area contributed by atoms with Gasteiger partial charge in [0.1, 0.15) is 0 Å². The molecule has 1 saturated carbocycles. The first-order valence-corrected chi connectivity index (χ1v) is 14.6. The van der Waals surface area contributed by atoms with Crippen LogP contribution in [0.3, 0.4) is 0 Å². The van der Waals surface area contributed by atoms with Crippen molar-refractivity contribution >= 4 is 5.57 Å². The first-order valence-electron chi connectivity index (χ1n) is 14.6. The van der Waals surface area contributed by atoms with E-state index in [-0.39, 0.29) is 57.9 Å². The summed E-state index contributed by atoms with van der Waals surface area (Å²) >= 11 is 0. The second kappa shape index (κ2) is 12.5. The van der Waals surface area contributed by atoms with Crippen LogP contribution in [0.5, 0.6) is 5.75 Å². The minimum atomic E-state index is -1.14. The van der Waals surface area contributed by atoms with Gasteiger partial charge in [0.05, 0.1) is 12.7 Å². The van der Waals surface area contributed by atoms with Gasteiger partial charge in [-0.25, -0.2) is 22.0 Å². The molecule has 0 aromatic heterocycles. The van der Waals surface area contributed by atoms with E-state index < -0.39 is 41.0 Å². The molecule has 2 nitrogen and oxygen atoms in total. The van der Waals surface area contributed by atoms with Gasteiger partial charge in [0.15, 0.2) is 34.8 Å². The molecule has 1 fully saturated rings. The minimum absolute atomic E-state index is 0.112. The summed E-state index contributed by atoms with van der Waals surface area (Å²) in [5.74, 6) is -6.69. The van der Waals surface area contributed by atoms with Crippen LogP contribution in [0, 0.1) is 34.9 Å². The fourth-order valence-corrected chi connectivity index (χ4v) is 6.55. The van der Waals surface area contributed by atoms with Crippen molar-refractivity contribution in [3.63, 3.8) is 0 Å². The number of allylic oxidation sites excluding steroid dienone is 2. The molecule has 224 valence electrons. The van der Waals surface area contributed by atoms with Gasteiger partial charge in [-0.15, -0.1) is 0 Å². The number of hydrogen-bond acceptors (Lipinski definition) is 2. The Morgan fingerprint density at radius 1 is 0.690 bits per heavy atom. The summed E-state index contributed by atoms with van der Waals surface area (Å²) in [7, 11) is 0. The Balaban J connectivity index is 1.27. The summed E-state index contributed by atoms with van der Waals surface area (Å²) in [6, 6.07) is 9.02. The highest BCUT2D eigenvalue weighted by molar-refractivity contribution is 5.67. The van der Waals surface area contributed by atoms with Gasteiger partial charge in [-0.3, -0.25) is 0 Å². The standard InChI is InChI=1S/C34H34F6O2/c1-3-42-28-17-16-27(33(39)34(28)40)22-10-8-21(9-11-22)26-15-14-25(31(37)32(26)38)20-6-4-19(5-7-20)24-13-12-23(18(2)41)29(35)30(24)36/h4,12-18,20-22,41H,3,5-11H2,1-2H3. The predicted molar refractivity (Wildman–Crippen MR) is 149 cm³/mol. The van der Waals surface area contributed by atoms with E-state index in [1.807, 2.05) is 0 Å². The van der Waals surface area contributed by atoms with Crippen molar-refractivity contribution in [3.05, 3.63) is 105 Å². The van der Waals surface area contributed by atoms with Crippen LogP contribution in [0.25, 0.3) is 5.57 Å². The van der Waals surface area contributed by atoms with E-state index >= 15 is 8.78 Å². The maximum absolute atomic E-state index is 15.4. The molecule has 0 heterocycles. The highest BCUT2D eigenvalue weighted by atomic mass is 19.2. The number of ether oxygens (including phenoxy) is 1. The molecule has 0 spiro atoms. The lowest BCUT2D eigenvalue weighted by Crippen LogP contribution is -2.16. The lowest BCUT2D eigenvalue weighted by molar-refractivity contribution is 0.192. The van der Waals surface area contributed by atoms with Crippen molar-refractivity contribution in [2.24, 2.45) is 0 Å². The molecule has 3 aromatic rings. The molecule has 3 aromatic carbocycles. The fraction of sp³-hybridized carbons (Fsp3) is 0.412. The topological polar surface area (TPSA) is 29.5 Å². The zero-order valence-corrected chi connectivity index (χ0v) is 23.6. The molecule has 0 radical (unpaired) electrons. The summed E-state index contributed by atoms with van der Waals surface area (Å²) in [5, 5.41) is 9.63. The normalized spacial score (nSPS) is 21.6. The zero-order valence-electron chi connectivity index (χ0n) is 23.6. The quantitative estimate of drug-likeness (QED) is 0.279. The Hall–Kier alpha value is -3.26. The minimum Gasteiger partial charge on any atom is -0.491 e. The number of halogens is 6. The molecular formula is C34H34F6O2. The van der Waals surface area contributed by atoms with Crippen molar-refractivity contribution < 1.29 is 36.2 Å². The van der Waals surface area contributed by atoms with Gasteiger partial charge in [0, 0.05) is 11.1 Å². The highest BCUT2D eigenvalue weighted by Crippen LogP contribution is 2.45. The average molecular weight is 589 g/mol. The molecule has 2 atom stereocenters. The Labute approximate surface area is 242 Å². The van der Waals surface area contributed by atoms with Gasteiger partial charge < -0.3 is 9.84 Å². The van der Waals surface area contributed by atoms with Crippen LogP contribution in [0.2, 0.25) is 0 Å². The molecule has 0 saturated heterocycles. The van der Waals surface area contributed by atoms with E-state index in [0.29, 0.717) is 50.5 Å². The molecule has 1 N–H and O–H groups in total. The summed E-state index contributed by atoms with van der Waals surface area (Å²) in [6.45, 7) is 3.27. The smallest absolute Gasteiger partial charge is 0.200 e. The van der Waals surface area contributed by atoms with E-state index in [2.05, 4.69) is 0 Å². The van der Waals surface area contributed by atoms with E-state index in [4.69, 9.17) is 4.74 Å². The average Bonchev–Trinajstić information content (AvgIpc) is 2.99. The van der Waals surface area contributed by atoms with E-state index in [9.17, 15) is 22.7 Å². The highest BCUT2D eigenvalue weighted by Gasteiger charge is 2.31. The number of aliphatic hydroxyl groups is 1. The molecular weight excluding hydrogens is 554 g/mol. The zero-order chi connectivity index (χ0) is 30.1. The second-order valence-corrected chi connectivity index (χ2v) is 11.3. The Kier molecular flexibility index (Phi) is 9.02. The summed E-state index contributed by atoms with van der Waals surface area (Å²) in [5.41, 5.74) is 1.41. The molecule has 2 unspecified atom stereocenters. The SMILES string of the molecule is CCOc1ccc(C2CCC(c3ccc(C4CC=C(c5ccc(C(C)O)c(F)c5F)CC4)c(F)c3F)CC2)c(F)c1F. The van der Waals surface area contributed by atoms with Crippen molar-refractivity contribution in [2.75, 3.05) is 6.61 Å². The van der Waals surface area contributed by atoms with Gasteiger partial charge in [0.25, 0.3) is 0 Å². The van der Waals surface area contributed by atoms with Crippen molar-refractivity contribution in [2.45, 2.75) is 82.7 Å². The first kappa shape index (κ1) is 30.2. The molecule has 8 heteroatoms. The predicted octanol–water partition coefficient (Wildman–Crippen LogP) is 9.77. The number of benzene rings is 3. The molecule has 0 bridgehead atoms. The number of rotatable bonds is 7. The molecule has 0 amide bonds. The molecule has 5 rings (SSSR count). The summed E-state index contributed by atoms with van der Waals surface area (Å²) in [4.78, 5) is 0. The third kappa shape index (κ3) is 5.70. The van der Waals surface area contributed by atoms with E-state index in [1.54, 1.807) is 31.2 Å². The van der Waals surface area contributed by atoms with Gasteiger partial charge in [-0.05, 0) is 105 Å². The lowest BCUT2D eigenvalue weighted by atomic mass is 9.75. The molecule has 2 aliphatic carbocycles. The molecule has 42 heavy (non-hydrogen) atoms. The fourth-order valence-electron chi connectivity index (χ4n) is 6.55. The van der Waals surface area contributed by atoms with Crippen LogP contribution in [0.1, 0.15) is 110 Å². The van der Waals surface area contributed by atoms with Gasteiger partial charge in [-0.2, -0.15) is 4.39 Å². The monoisotopic (exact) mass is 588 g/mol. The molecule has 2 aliphatic rings. The van der Waals surface area contributed by atoms with Crippen LogP contribution < -0.4 is 4.74 Å². The lowest BCUT2D eigenvalue weighted by Gasteiger charge is -2.30.